The van der Waals surface area contributed by atoms with E-state index in [9.17, 15) is 0 Å². The Morgan fingerprint density at radius 1 is 1.14 bits per heavy atom. The number of anilines is 1. The maximum atomic E-state index is 3.74. The van der Waals surface area contributed by atoms with Gasteiger partial charge in [0.05, 0.1) is 0 Å². The molecule has 0 aliphatic rings. The Labute approximate surface area is 87.1 Å². The second kappa shape index (κ2) is 5.48. The summed E-state index contributed by atoms with van der Waals surface area (Å²) < 4.78 is 0. The van der Waals surface area contributed by atoms with E-state index in [0.29, 0.717) is 0 Å². The summed E-state index contributed by atoms with van der Waals surface area (Å²) in [6.07, 6.45) is 2.89. The predicted octanol–water partition coefficient (Wildman–Crippen LogP) is 3.26. The lowest BCUT2D eigenvalue weighted by Crippen LogP contribution is -2.21. The minimum Gasteiger partial charge on any atom is -0.372 e. The third kappa shape index (κ3) is 2.63. The van der Waals surface area contributed by atoms with Gasteiger partial charge in [0.25, 0.3) is 0 Å². The highest BCUT2D eigenvalue weighted by Gasteiger charge is 2.00. The average molecular weight is 189 g/mol. The molecule has 1 nitrogen and oxygen atoms in total. The van der Waals surface area contributed by atoms with Gasteiger partial charge in [0, 0.05) is 18.8 Å². The van der Waals surface area contributed by atoms with Crippen LogP contribution >= 0.6 is 0 Å². The maximum absolute atomic E-state index is 3.74. The topological polar surface area (TPSA) is 3.24 Å². The summed E-state index contributed by atoms with van der Waals surface area (Å²) in [6, 6.07) is 8.72. The van der Waals surface area contributed by atoms with E-state index < -0.39 is 0 Å². The van der Waals surface area contributed by atoms with E-state index in [0.717, 1.165) is 19.5 Å². The molecule has 0 atom stereocenters. The highest BCUT2D eigenvalue weighted by atomic mass is 15.1. The van der Waals surface area contributed by atoms with Gasteiger partial charge >= 0.3 is 0 Å². The molecule has 0 bridgehead atoms. The molecule has 0 radical (unpaired) electrons. The number of hydrogen-bond acceptors (Lipinski definition) is 1. The summed E-state index contributed by atoms with van der Waals surface area (Å²) in [5.41, 5.74) is 2.64. The fourth-order valence-electron chi connectivity index (χ4n) is 1.60. The highest BCUT2D eigenvalue weighted by Crippen LogP contribution is 2.15. The Bertz CT molecular complexity index is 270. The van der Waals surface area contributed by atoms with Crippen LogP contribution in [0.5, 0.6) is 0 Å². The van der Waals surface area contributed by atoms with Gasteiger partial charge in [-0.05, 0) is 38.0 Å². The van der Waals surface area contributed by atoms with Crippen LogP contribution in [0.4, 0.5) is 5.69 Å². The molecular formula is C13H19N. The molecule has 1 heteroatoms. The first-order valence-corrected chi connectivity index (χ1v) is 5.26. The summed E-state index contributed by atoms with van der Waals surface area (Å²) in [4.78, 5) is 2.34. The van der Waals surface area contributed by atoms with Gasteiger partial charge < -0.3 is 4.90 Å². The van der Waals surface area contributed by atoms with Crippen molar-refractivity contribution >= 4 is 5.69 Å². The van der Waals surface area contributed by atoms with Gasteiger partial charge in [-0.3, -0.25) is 0 Å². The molecule has 0 amide bonds. The van der Waals surface area contributed by atoms with Gasteiger partial charge in [0.1, 0.15) is 0 Å². The van der Waals surface area contributed by atoms with Crippen LogP contribution in [-0.4, -0.2) is 13.1 Å². The zero-order chi connectivity index (χ0) is 10.4. The van der Waals surface area contributed by atoms with Crippen LogP contribution in [0.1, 0.15) is 19.4 Å². The zero-order valence-corrected chi connectivity index (χ0v) is 9.16. The second-order valence-corrected chi connectivity index (χ2v) is 3.33. The average Bonchev–Trinajstić information content (AvgIpc) is 2.23. The third-order valence-corrected chi connectivity index (χ3v) is 2.44. The van der Waals surface area contributed by atoms with E-state index >= 15 is 0 Å². The van der Waals surface area contributed by atoms with Crippen molar-refractivity contribution in [1.29, 1.82) is 0 Å². The van der Waals surface area contributed by atoms with Gasteiger partial charge in [0.15, 0.2) is 0 Å². The quantitative estimate of drug-likeness (QED) is 0.643. The smallest absolute Gasteiger partial charge is 0.0366 e. The number of benzene rings is 1. The molecule has 0 fully saturated rings. The molecule has 0 spiro atoms. The summed E-state index contributed by atoms with van der Waals surface area (Å²) in [7, 11) is 0. The summed E-state index contributed by atoms with van der Waals surface area (Å²) >= 11 is 0. The Morgan fingerprint density at radius 2 is 1.71 bits per heavy atom. The molecule has 1 aromatic carbocycles. The van der Waals surface area contributed by atoms with Crippen molar-refractivity contribution < 1.29 is 0 Å². The fourth-order valence-corrected chi connectivity index (χ4v) is 1.60. The molecule has 76 valence electrons. The standard InChI is InChI=1S/C13H19N/c1-4-7-12-8-10-13(11-9-12)14(5-2)6-3/h4,8-11H,1,5-7H2,2-3H3. The van der Waals surface area contributed by atoms with Crippen molar-refractivity contribution in [1.82, 2.24) is 0 Å². The second-order valence-electron chi connectivity index (χ2n) is 3.33. The zero-order valence-electron chi connectivity index (χ0n) is 9.16. The minimum absolute atomic E-state index is 0.957. The maximum Gasteiger partial charge on any atom is 0.0366 e. The number of rotatable bonds is 5. The molecule has 1 rings (SSSR count). The van der Waals surface area contributed by atoms with E-state index in [1.807, 2.05) is 6.08 Å². The van der Waals surface area contributed by atoms with Crippen LogP contribution in [0, 0.1) is 0 Å². The monoisotopic (exact) mass is 189 g/mol. The van der Waals surface area contributed by atoms with Crippen LogP contribution in [0.3, 0.4) is 0 Å². The molecule has 0 aliphatic heterocycles. The van der Waals surface area contributed by atoms with Crippen molar-refractivity contribution in [2.75, 3.05) is 18.0 Å². The lowest BCUT2D eigenvalue weighted by Gasteiger charge is -2.20. The molecule has 0 N–H and O–H groups in total. The predicted molar refractivity (Wildman–Crippen MR) is 63.9 cm³/mol. The van der Waals surface area contributed by atoms with E-state index in [2.05, 4.69) is 49.6 Å². The molecule has 0 unspecified atom stereocenters. The van der Waals surface area contributed by atoms with Crippen molar-refractivity contribution in [3.8, 4) is 0 Å². The molecule has 14 heavy (non-hydrogen) atoms. The Hall–Kier alpha value is -1.24. The minimum atomic E-state index is 0.957. The van der Waals surface area contributed by atoms with Crippen molar-refractivity contribution in [3.05, 3.63) is 42.5 Å². The largest absolute Gasteiger partial charge is 0.372 e. The third-order valence-electron chi connectivity index (χ3n) is 2.44. The number of nitrogens with zero attached hydrogens (tertiary/aromatic N) is 1. The molecule has 0 saturated heterocycles. The molecular weight excluding hydrogens is 170 g/mol. The van der Waals surface area contributed by atoms with E-state index in [-0.39, 0.29) is 0 Å². The van der Waals surface area contributed by atoms with Crippen molar-refractivity contribution in [2.45, 2.75) is 20.3 Å². The van der Waals surface area contributed by atoms with Gasteiger partial charge in [-0.15, -0.1) is 6.58 Å². The van der Waals surface area contributed by atoms with Crippen LogP contribution in [0.15, 0.2) is 36.9 Å². The van der Waals surface area contributed by atoms with E-state index in [1.54, 1.807) is 0 Å². The molecule has 0 saturated carbocycles. The first-order valence-electron chi connectivity index (χ1n) is 5.26. The first-order chi connectivity index (χ1) is 6.81. The lowest BCUT2D eigenvalue weighted by molar-refractivity contribution is 0.866. The normalized spacial score (nSPS) is 9.86. The van der Waals surface area contributed by atoms with Crippen LogP contribution in [0.25, 0.3) is 0 Å². The molecule has 0 heterocycles. The van der Waals surface area contributed by atoms with E-state index in [1.165, 1.54) is 11.3 Å². The van der Waals surface area contributed by atoms with Crippen LogP contribution < -0.4 is 4.90 Å². The first kappa shape index (κ1) is 10.8. The van der Waals surface area contributed by atoms with Crippen LogP contribution in [0.2, 0.25) is 0 Å². The van der Waals surface area contributed by atoms with Gasteiger partial charge in [-0.25, -0.2) is 0 Å². The van der Waals surface area contributed by atoms with Crippen LogP contribution in [-0.2, 0) is 6.42 Å². The molecule has 1 aromatic rings. The van der Waals surface area contributed by atoms with Crippen molar-refractivity contribution in [2.24, 2.45) is 0 Å². The van der Waals surface area contributed by atoms with Gasteiger partial charge in [-0.1, -0.05) is 18.2 Å². The summed E-state index contributed by atoms with van der Waals surface area (Å²) in [6.45, 7) is 10.2. The SMILES string of the molecule is C=CCc1ccc(N(CC)CC)cc1. The summed E-state index contributed by atoms with van der Waals surface area (Å²) in [5, 5.41) is 0. The Morgan fingerprint density at radius 3 is 2.14 bits per heavy atom. The highest BCUT2D eigenvalue weighted by molar-refractivity contribution is 5.47. The Kier molecular flexibility index (Phi) is 4.24. The summed E-state index contributed by atoms with van der Waals surface area (Å²) in [5.74, 6) is 0. The van der Waals surface area contributed by atoms with Crippen molar-refractivity contribution in [3.63, 3.8) is 0 Å². The fraction of sp³-hybridized carbons (Fsp3) is 0.385. The van der Waals surface area contributed by atoms with E-state index in [4.69, 9.17) is 0 Å². The van der Waals surface area contributed by atoms with Gasteiger partial charge in [0.2, 0.25) is 0 Å². The lowest BCUT2D eigenvalue weighted by atomic mass is 10.1. The Balaban J connectivity index is 2.76. The number of allylic oxidation sites excluding steroid dienone is 1. The molecule has 0 aliphatic carbocycles. The molecule has 0 aromatic heterocycles. The van der Waals surface area contributed by atoms with Gasteiger partial charge in [-0.2, -0.15) is 0 Å². The number of hydrogen-bond donors (Lipinski definition) is 0.